The van der Waals surface area contributed by atoms with Crippen LogP contribution < -0.4 is 19.7 Å². The van der Waals surface area contributed by atoms with E-state index in [1.165, 1.54) is 0 Å². The highest BCUT2D eigenvalue weighted by molar-refractivity contribution is 5.78. The molecule has 162 valence electrons. The van der Waals surface area contributed by atoms with Gasteiger partial charge in [-0.1, -0.05) is 6.07 Å². The molecule has 1 aliphatic heterocycles. The predicted molar refractivity (Wildman–Crippen MR) is 116 cm³/mol. The molecule has 3 rings (SSSR count). The minimum absolute atomic E-state index is 0.0513. The van der Waals surface area contributed by atoms with Crippen LogP contribution >= 0.6 is 0 Å². The first-order chi connectivity index (χ1) is 14.7. The van der Waals surface area contributed by atoms with Crippen molar-refractivity contribution < 1.29 is 14.3 Å². The lowest BCUT2D eigenvalue weighted by molar-refractivity contribution is -0.122. The van der Waals surface area contributed by atoms with Crippen LogP contribution in [0.1, 0.15) is 19.4 Å². The molecule has 1 N–H and O–H groups in total. The Morgan fingerprint density at radius 2 is 1.73 bits per heavy atom. The molecule has 0 unspecified atom stereocenters. The van der Waals surface area contributed by atoms with Crippen LogP contribution in [-0.2, 0) is 11.2 Å². The van der Waals surface area contributed by atoms with Crippen LogP contribution in [0.3, 0.4) is 0 Å². The summed E-state index contributed by atoms with van der Waals surface area (Å²) in [6.45, 7) is 9.39. The van der Waals surface area contributed by atoms with E-state index in [0.29, 0.717) is 26.3 Å². The van der Waals surface area contributed by atoms with Crippen molar-refractivity contribution in [2.75, 3.05) is 57.4 Å². The first kappa shape index (κ1) is 21.8. The minimum Gasteiger partial charge on any atom is -0.490 e. The Labute approximate surface area is 178 Å². The van der Waals surface area contributed by atoms with E-state index >= 15 is 0 Å². The zero-order chi connectivity index (χ0) is 21.2. The highest BCUT2D eigenvalue weighted by Gasteiger charge is 2.20. The maximum Gasteiger partial charge on any atom is 0.234 e. The van der Waals surface area contributed by atoms with Gasteiger partial charge in [0.1, 0.15) is 0 Å². The maximum absolute atomic E-state index is 12.3. The van der Waals surface area contributed by atoms with Gasteiger partial charge < -0.3 is 19.7 Å². The number of nitrogens with one attached hydrogen (secondary N) is 1. The lowest BCUT2D eigenvalue weighted by Crippen LogP contribution is -2.50. The first-order valence-corrected chi connectivity index (χ1v) is 10.6. The summed E-state index contributed by atoms with van der Waals surface area (Å²) in [5.41, 5.74) is 1.11. The molecule has 0 spiro atoms. The van der Waals surface area contributed by atoms with Crippen molar-refractivity contribution in [3.63, 3.8) is 0 Å². The lowest BCUT2D eigenvalue weighted by Gasteiger charge is -2.34. The number of ether oxygens (including phenoxy) is 2. The molecule has 0 radical (unpaired) electrons. The number of rotatable bonds is 10. The van der Waals surface area contributed by atoms with E-state index in [0.717, 1.165) is 55.6 Å². The minimum atomic E-state index is 0.0513. The fourth-order valence-corrected chi connectivity index (χ4v) is 3.42. The molecule has 30 heavy (non-hydrogen) atoms. The van der Waals surface area contributed by atoms with Crippen LogP contribution in [0.5, 0.6) is 11.5 Å². The molecule has 0 saturated carbocycles. The number of aromatic nitrogens is 2. The van der Waals surface area contributed by atoms with Crippen LogP contribution in [-0.4, -0.2) is 73.3 Å². The average Bonchev–Trinajstić information content (AvgIpc) is 2.77. The molecule has 1 fully saturated rings. The van der Waals surface area contributed by atoms with Crippen molar-refractivity contribution in [3.8, 4) is 11.5 Å². The molecule has 2 aromatic rings. The molecule has 0 bridgehead atoms. The Balaban J connectivity index is 1.39. The number of nitrogens with zero attached hydrogens (tertiary/aromatic N) is 4. The molecule has 1 saturated heterocycles. The van der Waals surface area contributed by atoms with Gasteiger partial charge in [0.2, 0.25) is 11.9 Å². The first-order valence-electron chi connectivity index (χ1n) is 10.6. The molecule has 8 nitrogen and oxygen atoms in total. The number of carbonyl (C=O) groups is 1. The second-order valence-electron chi connectivity index (χ2n) is 7.06. The summed E-state index contributed by atoms with van der Waals surface area (Å²) in [5.74, 6) is 2.31. The molecular weight excluding hydrogens is 382 g/mol. The molecule has 8 heteroatoms. The van der Waals surface area contributed by atoms with Crippen LogP contribution in [0.2, 0.25) is 0 Å². The van der Waals surface area contributed by atoms with Crippen LogP contribution in [0.4, 0.5) is 5.95 Å². The van der Waals surface area contributed by atoms with Crippen molar-refractivity contribution in [2.24, 2.45) is 0 Å². The number of carbonyl (C=O) groups excluding carboxylic acids is 1. The fraction of sp³-hybridized carbons (Fsp3) is 0.500. The third kappa shape index (κ3) is 6.32. The summed E-state index contributed by atoms with van der Waals surface area (Å²) in [5, 5.41) is 3.02. The summed E-state index contributed by atoms with van der Waals surface area (Å²) < 4.78 is 11.3. The van der Waals surface area contributed by atoms with Crippen molar-refractivity contribution in [1.82, 2.24) is 20.2 Å². The molecule has 0 atom stereocenters. The quantitative estimate of drug-likeness (QED) is 0.636. The molecule has 1 aliphatic rings. The van der Waals surface area contributed by atoms with E-state index in [2.05, 4.69) is 25.1 Å². The van der Waals surface area contributed by atoms with Gasteiger partial charge in [-0.05, 0) is 44.0 Å². The standard InChI is InChI=1S/C22H31N5O3/c1-3-29-19-7-6-18(16-20(19)30-4-2)8-11-23-21(28)17-26-12-14-27(15-13-26)22-24-9-5-10-25-22/h5-7,9-10,16H,3-4,8,11-15,17H2,1-2H3,(H,23,28). The summed E-state index contributed by atoms with van der Waals surface area (Å²) in [6.07, 6.45) is 4.26. The number of anilines is 1. The lowest BCUT2D eigenvalue weighted by atomic mass is 10.1. The Kier molecular flexibility index (Phi) is 8.26. The third-order valence-corrected chi connectivity index (χ3v) is 4.92. The highest BCUT2D eigenvalue weighted by atomic mass is 16.5. The van der Waals surface area contributed by atoms with E-state index in [1.54, 1.807) is 12.4 Å². The summed E-state index contributed by atoms with van der Waals surface area (Å²) in [7, 11) is 0. The Hall–Kier alpha value is -2.87. The number of benzene rings is 1. The molecule has 1 aromatic heterocycles. The van der Waals surface area contributed by atoms with Crippen molar-refractivity contribution >= 4 is 11.9 Å². The Morgan fingerprint density at radius 3 is 2.43 bits per heavy atom. The zero-order valence-electron chi connectivity index (χ0n) is 17.8. The van der Waals surface area contributed by atoms with Crippen LogP contribution in [0, 0.1) is 0 Å². The van der Waals surface area contributed by atoms with Gasteiger partial charge in [-0.2, -0.15) is 0 Å². The molecule has 1 aromatic carbocycles. The monoisotopic (exact) mass is 413 g/mol. The van der Waals surface area contributed by atoms with Gasteiger partial charge in [0.25, 0.3) is 0 Å². The van der Waals surface area contributed by atoms with E-state index in [1.807, 2.05) is 38.1 Å². The van der Waals surface area contributed by atoms with E-state index < -0.39 is 0 Å². The predicted octanol–water partition coefficient (Wildman–Crippen LogP) is 1.75. The number of amides is 1. The highest BCUT2D eigenvalue weighted by Crippen LogP contribution is 2.28. The van der Waals surface area contributed by atoms with Crippen molar-refractivity contribution in [1.29, 1.82) is 0 Å². The number of hydrogen-bond donors (Lipinski definition) is 1. The second kappa shape index (κ2) is 11.3. The molecule has 1 amide bonds. The molecular formula is C22H31N5O3. The molecule has 0 aliphatic carbocycles. The van der Waals surface area contributed by atoms with Gasteiger partial charge >= 0.3 is 0 Å². The van der Waals surface area contributed by atoms with Crippen molar-refractivity contribution in [3.05, 3.63) is 42.2 Å². The SMILES string of the molecule is CCOc1ccc(CCNC(=O)CN2CCN(c3ncccn3)CC2)cc1OCC. The normalized spacial score (nSPS) is 14.4. The fourth-order valence-electron chi connectivity index (χ4n) is 3.42. The second-order valence-corrected chi connectivity index (χ2v) is 7.06. The van der Waals surface area contributed by atoms with E-state index in [4.69, 9.17) is 9.47 Å². The summed E-state index contributed by atoms with van der Waals surface area (Å²) in [6, 6.07) is 7.76. The number of hydrogen-bond acceptors (Lipinski definition) is 7. The van der Waals surface area contributed by atoms with Gasteiger partial charge in [-0.3, -0.25) is 9.69 Å². The van der Waals surface area contributed by atoms with Crippen LogP contribution in [0.25, 0.3) is 0 Å². The van der Waals surface area contributed by atoms with Gasteiger partial charge in [-0.25, -0.2) is 9.97 Å². The van der Waals surface area contributed by atoms with Gasteiger partial charge in [0, 0.05) is 45.1 Å². The van der Waals surface area contributed by atoms with Crippen LogP contribution in [0.15, 0.2) is 36.7 Å². The van der Waals surface area contributed by atoms with Gasteiger partial charge in [0.15, 0.2) is 11.5 Å². The zero-order valence-corrected chi connectivity index (χ0v) is 17.8. The summed E-state index contributed by atoms with van der Waals surface area (Å²) >= 11 is 0. The largest absolute Gasteiger partial charge is 0.490 e. The average molecular weight is 414 g/mol. The maximum atomic E-state index is 12.3. The summed E-state index contributed by atoms with van der Waals surface area (Å²) in [4.78, 5) is 25.2. The Morgan fingerprint density at radius 1 is 1.03 bits per heavy atom. The van der Waals surface area contributed by atoms with Gasteiger partial charge in [-0.15, -0.1) is 0 Å². The van der Waals surface area contributed by atoms with E-state index in [9.17, 15) is 4.79 Å². The van der Waals surface area contributed by atoms with E-state index in [-0.39, 0.29) is 5.91 Å². The number of piperazine rings is 1. The van der Waals surface area contributed by atoms with Crippen molar-refractivity contribution in [2.45, 2.75) is 20.3 Å². The topological polar surface area (TPSA) is 79.8 Å². The molecule has 2 heterocycles. The third-order valence-electron chi connectivity index (χ3n) is 4.92. The Bertz CT molecular complexity index is 795. The van der Waals surface area contributed by atoms with Gasteiger partial charge in [0.05, 0.1) is 19.8 Å². The smallest absolute Gasteiger partial charge is 0.234 e.